The van der Waals surface area contributed by atoms with Crippen molar-refractivity contribution in [3.05, 3.63) is 0 Å². The number of halogens is 1. The zero-order valence-corrected chi connectivity index (χ0v) is 8.06. The lowest BCUT2D eigenvalue weighted by Gasteiger charge is -2.18. The van der Waals surface area contributed by atoms with Gasteiger partial charge < -0.3 is 4.74 Å². The SMILES string of the molecule is CCC(CBr)C1CCCO1. The van der Waals surface area contributed by atoms with Crippen LogP contribution in [0, 0.1) is 5.92 Å². The van der Waals surface area contributed by atoms with Gasteiger partial charge in [-0.2, -0.15) is 0 Å². The van der Waals surface area contributed by atoms with Crippen LogP contribution in [0.3, 0.4) is 0 Å². The molecule has 0 N–H and O–H groups in total. The first-order valence-corrected chi connectivity index (χ1v) is 5.18. The van der Waals surface area contributed by atoms with E-state index in [0.717, 1.165) is 17.9 Å². The van der Waals surface area contributed by atoms with Gasteiger partial charge in [-0.25, -0.2) is 0 Å². The van der Waals surface area contributed by atoms with Crippen molar-refractivity contribution in [3.8, 4) is 0 Å². The van der Waals surface area contributed by atoms with Crippen molar-refractivity contribution in [2.45, 2.75) is 32.3 Å². The first-order valence-electron chi connectivity index (χ1n) is 4.06. The Bertz CT molecular complexity index is 85.3. The minimum absolute atomic E-state index is 0.546. The maximum atomic E-state index is 5.57. The number of alkyl halides is 1. The van der Waals surface area contributed by atoms with Crippen molar-refractivity contribution >= 4 is 15.9 Å². The average Bonchev–Trinajstić information content (AvgIpc) is 2.43. The highest BCUT2D eigenvalue weighted by molar-refractivity contribution is 9.09. The molecular weight excluding hydrogens is 192 g/mol. The fourth-order valence-electron chi connectivity index (χ4n) is 1.45. The summed E-state index contributed by atoms with van der Waals surface area (Å²) in [7, 11) is 0. The number of hydrogen-bond donors (Lipinski definition) is 0. The Morgan fingerprint density at radius 1 is 1.70 bits per heavy atom. The highest BCUT2D eigenvalue weighted by Gasteiger charge is 2.23. The van der Waals surface area contributed by atoms with Crippen LogP contribution in [0.4, 0.5) is 0 Å². The van der Waals surface area contributed by atoms with Crippen molar-refractivity contribution in [1.82, 2.24) is 0 Å². The lowest BCUT2D eigenvalue weighted by atomic mass is 10.00. The van der Waals surface area contributed by atoms with Gasteiger partial charge in [0.2, 0.25) is 0 Å². The second-order valence-corrected chi connectivity index (χ2v) is 3.52. The third-order valence-corrected chi connectivity index (χ3v) is 3.04. The molecule has 0 spiro atoms. The molecule has 0 radical (unpaired) electrons. The summed E-state index contributed by atoms with van der Waals surface area (Å²) in [5, 5.41) is 1.09. The monoisotopic (exact) mass is 206 g/mol. The van der Waals surface area contributed by atoms with Gasteiger partial charge in [-0.15, -0.1) is 0 Å². The minimum Gasteiger partial charge on any atom is -0.378 e. The molecule has 60 valence electrons. The van der Waals surface area contributed by atoms with Crippen LogP contribution >= 0.6 is 15.9 Å². The van der Waals surface area contributed by atoms with Gasteiger partial charge in [-0.05, 0) is 18.8 Å². The Hall–Kier alpha value is 0.440. The normalized spacial score (nSPS) is 28.8. The predicted octanol–water partition coefficient (Wildman–Crippen LogP) is 2.59. The van der Waals surface area contributed by atoms with Crippen molar-refractivity contribution in [2.24, 2.45) is 5.92 Å². The molecule has 0 aromatic rings. The van der Waals surface area contributed by atoms with E-state index in [1.54, 1.807) is 0 Å². The van der Waals surface area contributed by atoms with E-state index in [1.165, 1.54) is 19.3 Å². The minimum atomic E-state index is 0.546. The molecule has 10 heavy (non-hydrogen) atoms. The summed E-state index contributed by atoms with van der Waals surface area (Å²) in [6.07, 6.45) is 4.30. The molecule has 0 aromatic carbocycles. The molecule has 1 aliphatic heterocycles. The summed E-state index contributed by atoms with van der Waals surface area (Å²) in [4.78, 5) is 0. The van der Waals surface area contributed by atoms with Crippen molar-refractivity contribution in [2.75, 3.05) is 11.9 Å². The van der Waals surface area contributed by atoms with Crippen molar-refractivity contribution in [3.63, 3.8) is 0 Å². The zero-order chi connectivity index (χ0) is 7.40. The van der Waals surface area contributed by atoms with Crippen LogP contribution in [0.1, 0.15) is 26.2 Å². The maximum Gasteiger partial charge on any atom is 0.0612 e. The van der Waals surface area contributed by atoms with E-state index in [9.17, 15) is 0 Å². The van der Waals surface area contributed by atoms with E-state index in [4.69, 9.17) is 4.74 Å². The van der Waals surface area contributed by atoms with Gasteiger partial charge in [-0.1, -0.05) is 29.3 Å². The fraction of sp³-hybridized carbons (Fsp3) is 1.00. The van der Waals surface area contributed by atoms with Crippen LogP contribution < -0.4 is 0 Å². The van der Waals surface area contributed by atoms with E-state index < -0.39 is 0 Å². The third kappa shape index (κ3) is 1.96. The molecule has 0 aromatic heterocycles. The van der Waals surface area contributed by atoms with Gasteiger partial charge >= 0.3 is 0 Å². The zero-order valence-electron chi connectivity index (χ0n) is 6.48. The summed E-state index contributed by atoms with van der Waals surface area (Å²) in [6.45, 7) is 3.21. The molecule has 1 aliphatic rings. The van der Waals surface area contributed by atoms with E-state index in [2.05, 4.69) is 22.9 Å². The van der Waals surface area contributed by atoms with E-state index in [-0.39, 0.29) is 0 Å². The van der Waals surface area contributed by atoms with E-state index in [0.29, 0.717) is 6.10 Å². The van der Waals surface area contributed by atoms with E-state index in [1.807, 2.05) is 0 Å². The molecule has 0 aliphatic carbocycles. The number of ether oxygens (including phenoxy) is 1. The summed E-state index contributed by atoms with van der Waals surface area (Å²) >= 11 is 3.51. The smallest absolute Gasteiger partial charge is 0.0612 e. The average molecular weight is 207 g/mol. The second kappa shape index (κ2) is 4.35. The first kappa shape index (κ1) is 8.54. The topological polar surface area (TPSA) is 9.23 Å². The molecule has 0 saturated carbocycles. The quantitative estimate of drug-likeness (QED) is 0.646. The van der Waals surface area contributed by atoms with Crippen LogP contribution in [0.2, 0.25) is 0 Å². The summed E-state index contributed by atoms with van der Waals surface area (Å²) < 4.78 is 5.57. The first-order chi connectivity index (χ1) is 4.88. The van der Waals surface area contributed by atoms with Gasteiger partial charge in [0.1, 0.15) is 0 Å². The Kier molecular flexibility index (Phi) is 3.71. The molecule has 0 bridgehead atoms. The highest BCUT2D eigenvalue weighted by atomic mass is 79.9. The molecule has 2 unspecified atom stereocenters. The lowest BCUT2D eigenvalue weighted by molar-refractivity contribution is 0.0702. The van der Waals surface area contributed by atoms with Gasteiger partial charge in [0.25, 0.3) is 0 Å². The predicted molar refractivity (Wildman–Crippen MR) is 46.5 cm³/mol. The molecular formula is C8H15BrO. The molecule has 2 heteroatoms. The van der Waals surface area contributed by atoms with Gasteiger partial charge in [0, 0.05) is 11.9 Å². The standard InChI is InChI=1S/C8H15BrO/c1-2-7(6-9)8-4-3-5-10-8/h7-8H,2-6H2,1H3. The lowest BCUT2D eigenvalue weighted by Crippen LogP contribution is -2.19. The molecule has 2 atom stereocenters. The van der Waals surface area contributed by atoms with Crippen LogP contribution in [0.25, 0.3) is 0 Å². The largest absolute Gasteiger partial charge is 0.378 e. The highest BCUT2D eigenvalue weighted by Crippen LogP contribution is 2.23. The molecule has 1 saturated heterocycles. The van der Waals surface area contributed by atoms with Crippen molar-refractivity contribution in [1.29, 1.82) is 0 Å². The molecule has 0 amide bonds. The number of rotatable bonds is 3. The summed E-state index contributed by atoms with van der Waals surface area (Å²) in [5.41, 5.74) is 0. The van der Waals surface area contributed by atoms with Gasteiger partial charge in [0.15, 0.2) is 0 Å². The van der Waals surface area contributed by atoms with E-state index >= 15 is 0 Å². The molecule has 1 heterocycles. The fourth-order valence-corrected chi connectivity index (χ4v) is 2.32. The molecule has 1 fully saturated rings. The van der Waals surface area contributed by atoms with Gasteiger partial charge in [-0.3, -0.25) is 0 Å². The summed E-state index contributed by atoms with van der Waals surface area (Å²) in [6, 6.07) is 0. The maximum absolute atomic E-state index is 5.57. The van der Waals surface area contributed by atoms with Crippen LogP contribution in [0.5, 0.6) is 0 Å². The third-order valence-electron chi connectivity index (χ3n) is 2.21. The van der Waals surface area contributed by atoms with Gasteiger partial charge in [0.05, 0.1) is 6.10 Å². The number of hydrogen-bond acceptors (Lipinski definition) is 1. The van der Waals surface area contributed by atoms with Crippen LogP contribution in [0.15, 0.2) is 0 Å². The molecule has 1 rings (SSSR count). The Labute approximate surface area is 71.3 Å². The summed E-state index contributed by atoms with van der Waals surface area (Å²) in [5.74, 6) is 0.738. The Morgan fingerprint density at radius 3 is 2.90 bits per heavy atom. The van der Waals surface area contributed by atoms with Crippen LogP contribution in [-0.4, -0.2) is 18.0 Å². The Morgan fingerprint density at radius 2 is 2.50 bits per heavy atom. The second-order valence-electron chi connectivity index (χ2n) is 2.87. The molecule has 1 nitrogen and oxygen atoms in total. The van der Waals surface area contributed by atoms with Crippen molar-refractivity contribution < 1.29 is 4.74 Å². The van der Waals surface area contributed by atoms with Crippen LogP contribution in [-0.2, 0) is 4.74 Å². The Balaban J connectivity index is 2.29.